The van der Waals surface area contributed by atoms with Gasteiger partial charge in [-0.05, 0) is 57.0 Å². The van der Waals surface area contributed by atoms with Crippen LogP contribution in [0.4, 0.5) is 5.69 Å². The van der Waals surface area contributed by atoms with Crippen molar-refractivity contribution in [2.75, 3.05) is 31.1 Å². The van der Waals surface area contributed by atoms with Crippen LogP contribution in [0.5, 0.6) is 0 Å². The molecular formula is C21H26N4O3S. The normalized spacial score (nSPS) is 15.8. The van der Waals surface area contributed by atoms with Crippen LogP contribution in [-0.4, -0.2) is 49.1 Å². The fourth-order valence-electron chi connectivity index (χ4n) is 3.69. The van der Waals surface area contributed by atoms with E-state index in [4.69, 9.17) is 4.42 Å². The number of nitrogens with zero attached hydrogens (tertiary/aromatic N) is 3. The predicted molar refractivity (Wildman–Crippen MR) is 113 cm³/mol. The number of piperazine rings is 1. The van der Waals surface area contributed by atoms with Crippen molar-refractivity contribution < 1.29 is 12.8 Å². The number of aromatic amines is 1. The molecule has 1 aromatic carbocycles. The molecule has 3 aromatic rings. The first kappa shape index (κ1) is 19.7. The lowest BCUT2D eigenvalue weighted by Crippen LogP contribution is -2.48. The minimum Gasteiger partial charge on any atom is -0.442 e. The number of anilines is 1. The van der Waals surface area contributed by atoms with Gasteiger partial charge < -0.3 is 9.32 Å². The molecule has 1 N–H and O–H groups in total. The second-order valence-corrected chi connectivity index (χ2v) is 9.42. The van der Waals surface area contributed by atoms with E-state index < -0.39 is 10.0 Å². The van der Waals surface area contributed by atoms with Crippen LogP contribution in [0, 0.1) is 27.7 Å². The lowest BCUT2D eigenvalue weighted by molar-refractivity contribution is 0.363. The quantitative estimate of drug-likeness (QED) is 0.707. The van der Waals surface area contributed by atoms with Crippen LogP contribution in [-0.2, 0) is 10.0 Å². The lowest BCUT2D eigenvalue weighted by atomic mass is 10.1. The monoisotopic (exact) mass is 414 g/mol. The number of benzene rings is 1. The molecule has 1 fully saturated rings. The van der Waals surface area contributed by atoms with Gasteiger partial charge in [0.1, 0.15) is 5.69 Å². The van der Waals surface area contributed by atoms with E-state index in [1.165, 1.54) is 27.2 Å². The van der Waals surface area contributed by atoms with E-state index in [1.54, 1.807) is 6.07 Å². The van der Waals surface area contributed by atoms with Crippen LogP contribution in [0.25, 0.3) is 11.5 Å². The number of hydrogen-bond acceptors (Lipinski definition) is 5. The largest absolute Gasteiger partial charge is 0.442 e. The Balaban J connectivity index is 1.51. The van der Waals surface area contributed by atoms with Gasteiger partial charge >= 0.3 is 0 Å². The van der Waals surface area contributed by atoms with Gasteiger partial charge in [0, 0.05) is 43.1 Å². The summed E-state index contributed by atoms with van der Waals surface area (Å²) in [6, 6.07) is 9.42. The number of H-pyrrole nitrogens is 1. The average molecular weight is 415 g/mol. The summed E-state index contributed by atoms with van der Waals surface area (Å²) in [5.74, 6) is 0.458. The summed E-state index contributed by atoms with van der Waals surface area (Å²) in [5, 5.41) is 7.08. The Bertz CT molecular complexity index is 1140. The van der Waals surface area contributed by atoms with Crippen molar-refractivity contribution >= 4 is 15.7 Å². The maximum Gasteiger partial charge on any atom is 0.276 e. The molecule has 8 heteroatoms. The highest BCUT2D eigenvalue weighted by Gasteiger charge is 2.32. The fourth-order valence-corrected chi connectivity index (χ4v) is 5.02. The number of aromatic nitrogens is 2. The molecule has 1 aliphatic rings. The number of nitrogens with one attached hydrogen (secondary N) is 1. The molecule has 0 aliphatic carbocycles. The summed E-state index contributed by atoms with van der Waals surface area (Å²) < 4.78 is 33.3. The highest BCUT2D eigenvalue weighted by molar-refractivity contribution is 7.89. The van der Waals surface area contributed by atoms with Gasteiger partial charge in [-0.25, -0.2) is 8.42 Å². The van der Waals surface area contributed by atoms with Crippen molar-refractivity contribution in [1.29, 1.82) is 0 Å². The highest BCUT2D eigenvalue weighted by atomic mass is 32.2. The molecule has 29 heavy (non-hydrogen) atoms. The summed E-state index contributed by atoms with van der Waals surface area (Å²) in [4.78, 5) is 2.25. The molecule has 2 aromatic heterocycles. The molecule has 0 unspecified atom stereocenters. The van der Waals surface area contributed by atoms with Crippen molar-refractivity contribution in [1.82, 2.24) is 14.5 Å². The van der Waals surface area contributed by atoms with Gasteiger partial charge in [-0.2, -0.15) is 9.40 Å². The molecule has 0 radical (unpaired) electrons. The van der Waals surface area contributed by atoms with Gasteiger partial charge in [-0.15, -0.1) is 0 Å². The molecule has 0 spiro atoms. The second-order valence-electron chi connectivity index (χ2n) is 7.55. The Labute approximate surface area is 171 Å². The van der Waals surface area contributed by atoms with E-state index in [0.717, 1.165) is 11.3 Å². The van der Waals surface area contributed by atoms with Crippen LogP contribution >= 0.6 is 0 Å². The molecule has 4 rings (SSSR count). The number of aryl methyl sites for hydroxylation is 2. The van der Waals surface area contributed by atoms with Gasteiger partial charge in [-0.1, -0.05) is 12.1 Å². The first-order valence-corrected chi connectivity index (χ1v) is 11.2. The van der Waals surface area contributed by atoms with Crippen LogP contribution in [0.1, 0.15) is 22.4 Å². The van der Waals surface area contributed by atoms with Crippen LogP contribution in [0.2, 0.25) is 0 Å². The third kappa shape index (κ3) is 3.47. The number of furan rings is 1. The molecule has 1 aliphatic heterocycles. The van der Waals surface area contributed by atoms with Gasteiger partial charge in [0.25, 0.3) is 10.0 Å². The third-order valence-corrected chi connectivity index (χ3v) is 7.59. The first-order chi connectivity index (χ1) is 13.8. The van der Waals surface area contributed by atoms with Crippen molar-refractivity contribution in [3.8, 4) is 11.5 Å². The zero-order chi connectivity index (χ0) is 20.8. The first-order valence-electron chi connectivity index (χ1n) is 9.72. The lowest BCUT2D eigenvalue weighted by Gasteiger charge is -2.35. The highest BCUT2D eigenvalue weighted by Crippen LogP contribution is 2.29. The van der Waals surface area contributed by atoms with Crippen LogP contribution < -0.4 is 4.90 Å². The van der Waals surface area contributed by atoms with E-state index in [2.05, 4.69) is 41.1 Å². The van der Waals surface area contributed by atoms with E-state index in [-0.39, 0.29) is 5.09 Å². The second kappa shape index (κ2) is 7.35. The molecule has 154 valence electrons. The van der Waals surface area contributed by atoms with Crippen LogP contribution in [0.15, 0.2) is 39.8 Å². The molecular weight excluding hydrogens is 388 g/mol. The van der Waals surface area contributed by atoms with Gasteiger partial charge in [-0.3, -0.25) is 5.10 Å². The minimum absolute atomic E-state index is 0.0345. The molecule has 1 saturated heterocycles. The summed E-state index contributed by atoms with van der Waals surface area (Å²) in [6.45, 7) is 10.2. The summed E-state index contributed by atoms with van der Waals surface area (Å²) in [7, 11) is -3.68. The Morgan fingerprint density at radius 2 is 1.69 bits per heavy atom. The molecule has 0 bridgehead atoms. The van der Waals surface area contributed by atoms with E-state index >= 15 is 0 Å². The van der Waals surface area contributed by atoms with Crippen molar-refractivity contribution in [3.05, 3.63) is 52.7 Å². The van der Waals surface area contributed by atoms with Gasteiger partial charge in [0.05, 0.1) is 0 Å². The molecule has 0 amide bonds. The van der Waals surface area contributed by atoms with Gasteiger partial charge in [0.15, 0.2) is 5.76 Å². The predicted octanol–water partition coefficient (Wildman–Crippen LogP) is 3.41. The maximum absolute atomic E-state index is 13.1. The average Bonchev–Trinajstić information content (AvgIpc) is 3.32. The molecule has 0 saturated carbocycles. The number of hydrogen-bond donors (Lipinski definition) is 1. The van der Waals surface area contributed by atoms with E-state index in [1.807, 2.05) is 19.9 Å². The fraction of sp³-hybridized carbons (Fsp3) is 0.381. The number of sulfonamides is 1. The van der Waals surface area contributed by atoms with Crippen LogP contribution in [0.3, 0.4) is 0 Å². The Hall–Kier alpha value is -2.58. The molecule has 3 heterocycles. The Kier molecular flexibility index (Phi) is 5.00. The smallest absolute Gasteiger partial charge is 0.276 e. The standard InChI is InChI=1S/C21H26N4O3S/c1-14-6-5-7-18(15(14)2)24-10-12-25(13-11-24)29(26,27)20-9-8-19(28-20)21-16(3)17(4)22-23-21/h5-9H,10-13H2,1-4H3,(H,22,23). The third-order valence-electron chi connectivity index (χ3n) is 5.82. The van der Waals surface area contributed by atoms with Crippen molar-refractivity contribution in [2.45, 2.75) is 32.8 Å². The molecule has 7 nitrogen and oxygen atoms in total. The Morgan fingerprint density at radius 3 is 2.34 bits per heavy atom. The Morgan fingerprint density at radius 1 is 0.966 bits per heavy atom. The summed E-state index contributed by atoms with van der Waals surface area (Å²) in [5.41, 5.74) is 6.18. The van der Waals surface area contributed by atoms with E-state index in [0.29, 0.717) is 37.6 Å². The van der Waals surface area contributed by atoms with Gasteiger partial charge in [0.2, 0.25) is 5.09 Å². The summed E-state index contributed by atoms with van der Waals surface area (Å²) >= 11 is 0. The van der Waals surface area contributed by atoms with E-state index in [9.17, 15) is 8.42 Å². The van der Waals surface area contributed by atoms with Crippen molar-refractivity contribution in [2.24, 2.45) is 0 Å². The SMILES string of the molecule is Cc1cccc(N2CCN(S(=O)(=O)c3ccc(-c4n[nH]c(C)c4C)o3)CC2)c1C. The minimum atomic E-state index is -3.68. The zero-order valence-electron chi connectivity index (χ0n) is 17.2. The van der Waals surface area contributed by atoms with Crippen molar-refractivity contribution in [3.63, 3.8) is 0 Å². The maximum atomic E-state index is 13.1. The molecule has 0 atom stereocenters. The summed E-state index contributed by atoms with van der Waals surface area (Å²) in [6.07, 6.45) is 0. The zero-order valence-corrected chi connectivity index (χ0v) is 18.0. The number of rotatable bonds is 4. The topological polar surface area (TPSA) is 82.4 Å².